The third-order valence-corrected chi connectivity index (χ3v) is 6.22. The second-order valence-corrected chi connectivity index (χ2v) is 8.14. The first-order valence-electron chi connectivity index (χ1n) is 10.9. The van der Waals surface area contributed by atoms with Gasteiger partial charge >= 0.3 is 0 Å². The number of benzene rings is 2. The fraction of sp³-hybridized carbons (Fsp3) is 0.192. The largest absolute Gasteiger partial charge is 0.372 e. The Bertz CT molecular complexity index is 1360. The van der Waals surface area contributed by atoms with Crippen LogP contribution >= 0.6 is 0 Å². The second-order valence-electron chi connectivity index (χ2n) is 8.14. The van der Waals surface area contributed by atoms with Gasteiger partial charge in [-0.15, -0.1) is 0 Å². The summed E-state index contributed by atoms with van der Waals surface area (Å²) >= 11 is 0. The summed E-state index contributed by atoms with van der Waals surface area (Å²) in [6.45, 7) is 2.32. The molecular formula is C26H23N5. The molecule has 152 valence electrons. The summed E-state index contributed by atoms with van der Waals surface area (Å²) in [6.07, 6.45) is 11.7. The molecule has 2 aromatic carbocycles. The summed E-state index contributed by atoms with van der Waals surface area (Å²) in [5.74, 6) is 0. The van der Waals surface area contributed by atoms with Gasteiger partial charge in [-0.2, -0.15) is 5.10 Å². The van der Waals surface area contributed by atoms with Crippen LogP contribution in [0, 0.1) is 0 Å². The first kappa shape index (κ1) is 18.1. The first-order valence-corrected chi connectivity index (χ1v) is 10.9. The van der Waals surface area contributed by atoms with Crippen LogP contribution in [0.2, 0.25) is 0 Å². The van der Waals surface area contributed by atoms with Gasteiger partial charge in [0.05, 0.1) is 11.7 Å². The number of fused-ring (bicyclic) bond motifs is 2. The van der Waals surface area contributed by atoms with Crippen LogP contribution in [-0.4, -0.2) is 32.7 Å². The highest BCUT2D eigenvalue weighted by atomic mass is 15.2. The molecule has 5 nitrogen and oxygen atoms in total. The molecule has 0 radical (unpaired) electrons. The van der Waals surface area contributed by atoms with Crippen molar-refractivity contribution in [2.24, 2.45) is 0 Å². The third-order valence-electron chi connectivity index (χ3n) is 6.22. The van der Waals surface area contributed by atoms with E-state index in [1.807, 2.05) is 47.4 Å². The van der Waals surface area contributed by atoms with Crippen molar-refractivity contribution in [3.05, 3.63) is 79.4 Å². The second kappa shape index (κ2) is 7.51. The average Bonchev–Trinajstić information content (AvgIpc) is 3.27. The van der Waals surface area contributed by atoms with E-state index in [2.05, 4.69) is 51.5 Å². The molecule has 0 bridgehead atoms. The maximum absolute atomic E-state index is 4.78. The molecular weight excluding hydrogens is 382 g/mol. The van der Waals surface area contributed by atoms with Crippen molar-refractivity contribution in [1.82, 2.24) is 19.6 Å². The number of aromatic nitrogens is 4. The SMILES string of the molecule is c1ccc2c(-c3cnn4cc(-c5ccc(N6CCCCC6)cc5)cnc34)ccnc2c1. The number of pyridine rings is 1. The normalized spacial score (nSPS) is 14.4. The van der Waals surface area contributed by atoms with Crippen molar-refractivity contribution < 1.29 is 0 Å². The number of anilines is 1. The van der Waals surface area contributed by atoms with Gasteiger partial charge in [0.25, 0.3) is 0 Å². The Morgan fingerprint density at radius 2 is 1.55 bits per heavy atom. The highest BCUT2D eigenvalue weighted by molar-refractivity contribution is 5.97. The van der Waals surface area contributed by atoms with Crippen molar-refractivity contribution in [3.8, 4) is 22.3 Å². The zero-order valence-corrected chi connectivity index (χ0v) is 17.3. The van der Waals surface area contributed by atoms with Crippen LogP contribution in [0.4, 0.5) is 5.69 Å². The molecule has 1 aliphatic heterocycles. The van der Waals surface area contributed by atoms with Gasteiger partial charge in [-0.05, 0) is 54.7 Å². The Kier molecular flexibility index (Phi) is 4.38. The molecule has 0 aliphatic carbocycles. The highest BCUT2D eigenvalue weighted by Gasteiger charge is 2.13. The maximum Gasteiger partial charge on any atom is 0.162 e. The van der Waals surface area contributed by atoms with E-state index in [0.717, 1.165) is 51.9 Å². The van der Waals surface area contributed by atoms with E-state index in [0.29, 0.717) is 0 Å². The molecule has 4 heterocycles. The summed E-state index contributed by atoms with van der Waals surface area (Å²) in [5, 5.41) is 5.71. The molecule has 6 rings (SSSR count). The molecule has 31 heavy (non-hydrogen) atoms. The van der Waals surface area contributed by atoms with Gasteiger partial charge in [0.15, 0.2) is 5.65 Å². The lowest BCUT2D eigenvalue weighted by molar-refractivity contribution is 0.578. The third kappa shape index (κ3) is 3.22. The van der Waals surface area contributed by atoms with Gasteiger partial charge in [-0.25, -0.2) is 9.50 Å². The zero-order chi connectivity index (χ0) is 20.6. The standard InChI is InChI=1S/C26H23N5/c1-4-14-30(15-5-1)21-10-8-19(9-11-21)20-16-28-26-24(17-29-31(26)18-20)22-12-13-27-25-7-3-2-6-23(22)25/h2-3,6-13,16-18H,1,4-5,14-15H2. The minimum absolute atomic E-state index is 0.852. The summed E-state index contributed by atoms with van der Waals surface area (Å²) in [7, 11) is 0. The van der Waals surface area contributed by atoms with Gasteiger partial charge in [-0.1, -0.05) is 30.3 Å². The zero-order valence-electron chi connectivity index (χ0n) is 17.3. The van der Waals surface area contributed by atoms with Crippen LogP contribution in [0.15, 0.2) is 79.4 Å². The number of nitrogens with zero attached hydrogens (tertiary/aromatic N) is 5. The minimum Gasteiger partial charge on any atom is -0.372 e. The summed E-state index contributed by atoms with van der Waals surface area (Å²) in [6, 6.07) is 19.0. The van der Waals surface area contributed by atoms with Gasteiger partial charge in [0.1, 0.15) is 0 Å². The van der Waals surface area contributed by atoms with Crippen molar-refractivity contribution in [2.75, 3.05) is 18.0 Å². The number of hydrogen-bond acceptors (Lipinski definition) is 4. The molecule has 5 aromatic rings. The molecule has 0 amide bonds. The molecule has 0 spiro atoms. The van der Waals surface area contributed by atoms with Crippen molar-refractivity contribution in [2.45, 2.75) is 19.3 Å². The first-order chi connectivity index (χ1) is 15.4. The van der Waals surface area contributed by atoms with Crippen LogP contribution in [0.3, 0.4) is 0 Å². The molecule has 1 fully saturated rings. The number of rotatable bonds is 3. The fourth-order valence-electron chi connectivity index (χ4n) is 4.56. The lowest BCUT2D eigenvalue weighted by atomic mass is 10.0. The molecule has 0 atom stereocenters. The van der Waals surface area contributed by atoms with Gasteiger partial charge in [0, 0.05) is 53.9 Å². The number of piperidine rings is 1. The molecule has 5 heteroatoms. The highest BCUT2D eigenvalue weighted by Crippen LogP contribution is 2.31. The van der Waals surface area contributed by atoms with Crippen LogP contribution in [0.25, 0.3) is 38.8 Å². The average molecular weight is 406 g/mol. The molecule has 1 aliphatic rings. The van der Waals surface area contributed by atoms with Crippen LogP contribution < -0.4 is 4.90 Å². The van der Waals surface area contributed by atoms with Gasteiger partial charge in [-0.3, -0.25) is 4.98 Å². The minimum atomic E-state index is 0.852. The quantitative estimate of drug-likeness (QED) is 0.392. The topological polar surface area (TPSA) is 46.3 Å². The van der Waals surface area contributed by atoms with E-state index in [1.165, 1.54) is 24.9 Å². The Morgan fingerprint density at radius 1 is 0.710 bits per heavy atom. The van der Waals surface area contributed by atoms with E-state index in [9.17, 15) is 0 Å². The maximum atomic E-state index is 4.78. The summed E-state index contributed by atoms with van der Waals surface area (Å²) in [4.78, 5) is 11.7. The molecule has 0 N–H and O–H groups in total. The smallest absolute Gasteiger partial charge is 0.162 e. The van der Waals surface area contributed by atoms with Gasteiger partial charge < -0.3 is 4.90 Å². The molecule has 3 aromatic heterocycles. The van der Waals surface area contributed by atoms with Crippen molar-refractivity contribution in [1.29, 1.82) is 0 Å². The Hall–Kier alpha value is -3.73. The lowest BCUT2D eigenvalue weighted by Crippen LogP contribution is -2.29. The predicted octanol–water partition coefficient (Wildman–Crippen LogP) is 5.60. The van der Waals surface area contributed by atoms with E-state index in [1.54, 1.807) is 0 Å². The Morgan fingerprint density at radius 3 is 2.42 bits per heavy atom. The van der Waals surface area contributed by atoms with Crippen molar-refractivity contribution >= 4 is 22.2 Å². The van der Waals surface area contributed by atoms with E-state index < -0.39 is 0 Å². The van der Waals surface area contributed by atoms with E-state index in [4.69, 9.17) is 4.98 Å². The summed E-state index contributed by atoms with van der Waals surface area (Å²) in [5.41, 5.74) is 7.48. The van der Waals surface area contributed by atoms with E-state index >= 15 is 0 Å². The Balaban J connectivity index is 1.36. The van der Waals surface area contributed by atoms with Crippen LogP contribution in [-0.2, 0) is 0 Å². The van der Waals surface area contributed by atoms with Crippen LogP contribution in [0.1, 0.15) is 19.3 Å². The molecule has 0 saturated carbocycles. The number of para-hydroxylation sites is 1. The molecule has 0 unspecified atom stereocenters. The monoisotopic (exact) mass is 405 g/mol. The van der Waals surface area contributed by atoms with Gasteiger partial charge in [0.2, 0.25) is 0 Å². The van der Waals surface area contributed by atoms with Crippen molar-refractivity contribution in [3.63, 3.8) is 0 Å². The lowest BCUT2D eigenvalue weighted by Gasteiger charge is -2.28. The van der Waals surface area contributed by atoms with Crippen LogP contribution in [0.5, 0.6) is 0 Å². The molecule has 1 saturated heterocycles. The summed E-state index contributed by atoms with van der Waals surface area (Å²) < 4.78 is 1.87. The van der Waals surface area contributed by atoms with E-state index in [-0.39, 0.29) is 0 Å². The number of hydrogen-bond donors (Lipinski definition) is 0. The Labute approximate surface area is 181 Å². The predicted molar refractivity (Wildman–Crippen MR) is 125 cm³/mol. The fourth-order valence-corrected chi connectivity index (χ4v) is 4.56.